The third kappa shape index (κ3) is 5.02. The summed E-state index contributed by atoms with van der Waals surface area (Å²) in [6.07, 6.45) is 2.40. The molecule has 0 aromatic carbocycles. The number of ether oxygens (including phenoxy) is 1. The lowest BCUT2D eigenvalue weighted by Gasteiger charge is -2.29. The zero-order valence-corrected chi connectivity index (χ0v) is 16.7. The van der Waals surface area contributed by atoms with Crippen molar-refractivity contribution >= 4 is 12.0 Å². The van der Waals surface area contributed by atoms with E-state index in [4.69, 9.17) is 13.6 Å². The van der Waals surface area contributed by atoms with E-state index in [1.165, 1.54) is 6.26 Å². The molecule has 0 bridgehead atoms. The minimum absolute atomic E-state index is 0.256. The number of esters is 1. The minimum atomic E-state index is -0.449. The van der Waals surface area contributed by atoms with Crippen LogP contribution in [0.5, 0.6) is 0 Å². The minimum Gasteiger partial charge on any atom is -0.463 e. The number of nitrogens with one attached hydrogen (secondary N) is 2. The normalized spacial score (nSPS) is 16.7. The van der Waals surface area contributed by atoms with Gasteiger partial charge in [0, 0.05) is 12.2 Å². The molecule has 156 valence electrons. The number of furan rings is 1. The highest BCUT2D eigenvalue weighted by Crippen LogP contribution is 2.20. The predicted molar refractivity (Wildman–Crippen MR) is 102 cm³/mol. The standard InChI is InChI=1S/C19H25N5O5/c1-4-8-24(11-15-22-23-17(29-15)14-7-6-9-28-14)10-13-16(18(25)27-5-2)12(3)20-19(26)21-13/h6-7,9,12H,4-5,8,10-11H2,1-3H3,(H2,20,21,26). The molecule has 10 heteroatoms. The maximum Gasteiger partial charge on any atom is 0.337 e. The second kappa shape index (κ2) is 9.37. The average molecular weight is 403 g/mol. The molecule has 1 aliphatic rings. The third-order valence-corrected chi connectivity index (χ3v) is 4.34. The number of carbonyl (C=O) groups excluding carboxylic acids is 2. The van der Waals surface area contributed by atoms with Crippen molar-refractivity contribution < 1.29 is 23.2 Å². The number of amides is 2. The maximum atomic E-state index is 12.4. The zero-order valence-electron chi connectivity index (χ0n) is 16.7. The van der Waals surface area contributed by atoms with Crippen LogP contribution in [-0.2, 0) is 16.1 Å². The first-order chi connectivity index (χ1) is 14.0. The van der Waals surface area contributed by atoms with E-state index in [1.54, 1.807) is 26.0 Å². The molecule has 1 aliphatic heterocycles. The lowest BCUT2D eigenvalue weighted by molar-refractivity contribution is -0.139. The predicted octanol–water partition coefficient (Wildman–Crippen LogP) is 2.06. The van der Waals surface area contributed by atoms with Crippen LogP contribution in [0.3, 0.4) is 0 Å². The van der Waals surface area contributed by atoms with E-state index in [9.17, 15) is 9.59 Å². The van der Waals surface area contributed by atoms with Gasteiger partial charge in [-0.2, -0.15) is 0 Å². The third-order valence-electron chi connectivity index (χ3n) is 4.34. The van der Waals surface area contributed by atoms with E-state index in [2.05, 4.69) is 20.8 Å². The molecule has 0 spiro atoms. The Kier molecular flexibility index (Phi) is 6.65. The van der Waals surface area contributed by atoms with E-state index in [0.29, 0.717) is 48.4 Å². The Hall–Kier alpha value is -3.14. The Balaban J connectivity index is 1.79. The number of hydrogen-bond acceptors (Lipinski definition) is 8. The molecule has 3 rings (SSSR count). The first-order valence-corrected chi connectivity index (χ1v) is 9.58. The van der Waals surface area contributed by atoms with Gasteiger partial charge in [-0.05, 0) is 38.9 Å². The molecule has 2 amide bonds. The van der Waals surface area contributed by atoms with Crippen molar-refractivity contribution in [2.24, 2.45) is 0 Å². The van der Waals surface area contributed by atoms with E-state index < -0.39 is 12.0 Å². The molecule has 1 unspecified atom stereocenters. The topological polar surface area (TPSA) is 123 Å². The van der Waals surface area contributed by atoms with Gasteiger partial charge in [0.25, 0.3) is 5.89 Å². The number of rotatable bonds is 9. The monoisotopic (exact) mass is 403 g/mol. The molecule has 1 atom stereocenters. The summed E-state index contributed by atoms with van der Waals surface area (Å²) in [5, 5.41) is 13.5. The summed E-state index contributed by atoms with van der Waals surface area (Å²) in [6.45, 7) is 7.19. The summed E-state index contributed by atoms with van der Waals surface area (Å²) in [5.41, 5.74) is 0.924. The molecule has 10 nitrogen and oxygen atoms in total. The van der Waals surface area contributed by atoms with Crippen LogP contribution in [-0.4, -0.2) is 52.8 Å². The van der Waals surface area contributed by atoms with Gasteiger partial charge in [0.15, 0.2) is 5.76 Å². The van der Waals surface area contributed by atoms with Crippen LogP contribution in [0, 0.1) is 0 Å². The summed E-state index contributed by atoms with van der Waals surface area (Å²) in [7, 11) is 0. The highest BCUT2D eigenvalue weighted by Gasteiger charge is 2.30. The molecule has 0 radical (unpaired) electrons. The summed E-state index contributed by atoms with van der Waals surface area (Å²) in [4.78, 5) is 26.4. The molecule has 0 saturated carbocycles. The van der Waals surface area contributed by atoms with Gasteiger partial charge in [-0.1, -0.05) is 6.92 Å². The van der Waals surface area contributed by atoms with Crippen LogP contribution >= 0.6 is 0 Å². The Bertz CT molecular complexity index is 873. The fourth-order valence-corrected chi connectivity index (χ4v) is 3.17. The second-order valence-electron chi connectivity index (χ2n) is 6.62. The van der Waals surface area contributed by atoms with Gasteiger partial charge in [-0.3, -0.25) is 4.90 Å². The molecule has 0 saturated heterocycles. The molecule has 2 aromatic rings. The van der Waals surface area contributed by atoms with Crippen molar-refractivity contribution in [1.29, 1.82) is 0 Å². The fraction of sp³-hybridized carbons (Fsp3) is 0.474. The smallest absolute Gasteiger partial charge is 0.337 e. The molecule has 29 heavy (non-hydrogen) atoms. The summed E-state index contributed by atoms with van der Waals surface area (Å²) < 4.78 is 16.1. The largest absolute Gasteiger partial charge is 0.463 e. The van der Waals surface area contributed by atoms with Crippen LogP contribution in [0.15, 0.2) is 38.5 Å². The molecule has 2 N–H and O–H groups in total. The number of carbonyl (C=O) groups is 2. The van der Waals surface area contributed by atoms with E-state index in [0.717, 1.165) is 6.42 Å². The Labute approximate surface area is 168 Å². The van der Waals surface area contributed by atoms with Crippen molar-refractivity contribution in [3.05, 3.63) is 35.6 Å². The first kappa shape index (κ1) is 20.6. The zero-order chi connectivity index (χ0) is 20.8. The van der Waals surface area contributed by atoms with Crippen molar-refractivity contribution in [2.75, 3.05) is 19.7 Å². The lowest BCUT2D eigenvalue weighted by atomic mass is 10.0. The van der Waals surface area contributed by atoms with Crippen molar-refractivity contribution in [2.45, 2.75) is 39.8 Å². The number of urea groups is 1. The lowest BCUT2D eigenvalue weighted by Crippen LogP contribution is -2.51. The van der Waals surface area contributed by atoms with Crippen LogP contribution < -0.4 is 10.6 Å². The van der Waals surface area contributed by atoms with Crippen LogP contribution in [0.2, 0.25) is 0 Å². The quantitative estimate of drug-likeness (QED) is 0.610. The number of nitrogens with zero attached hydrogens (tertiary/aromatic N) is 3. The van der Waals surface area contributed by atoms with Gasteiger partial charge in [0.05, 0.1) is 31.0 Å². The highest BCUT2D eigenvalue weighted by atomic mass is 16.5. The van der Waals surface area contributed by atoms with Crippen LogP contribution in [0.4, 0.5) is 4.79 Å². The van der Waals surface area contributed by atoms with Gasteiger partial charge in [0.1, 0.15) is 0 Å². The molecule has 3 heterocycles. The maximum absolute atomic E-state index is 12.4. The Morgan fingerprint density at radius 3 is 2.83 bits per heavy atom. The summed E-state index contributed by atoms with van der Waals surface area (Å²) >= 11 is 0. The van der Waals surface area contributed by atoms with Gasteiger partial charge < -0.3 is 24.2 Å². The molecular formula is C19H25N5O5. The summed E-state index contributed by atoms with van der Waals surface area (Å²) in [5.74, 6) is 0.766. The Morgan fingerprint density at radius 2 is 2.14 bits per heavy atom. The van der Waals surface area contributed by atoms with E-state index in [1.807, 2.05) is 11.8 Å². The SMILES string of the molecule is CCCN(CC1=C(C(=O)OCC)C(C)NC(=O)N1)Cc1nnc(-c2ccco2)o1. The number of aromatic nitrogens is 2. The second-order valence-corrected chi connectivity index (χ2v) is 6.62. The van der Waals surface area contributed by atoms with E-state index >= 15 is 0 Å². The molecule has 0 aliphatic carbocycles. The van der Waals surface area contributed by atoms with Gasteiger partial charge >= 0.3 is 12.0 Å². The molecule has 0 fully saturated rings. The van der Waals surface area contributed by atoms with Crippen molar-refractivity contribution in [3.8, 4) is 11.7 Å². The van der Waals surface area contributed by atoms with Crippen LogP contribution in [0.25, 0.3) is 11.7 Å². The fourth-order valence-electron chi connectivity index (χ4n) is 3.17. The van der Waals surface area contributed by atoms with E-state index in [-0.39, 0.29) is 12.6 Å². The highest BCUT2D eigenvalue weighted by molar-refractivity contribution is 5.94. The molecule has 2 aromatic heterocycles. The van der Waals surface area contributed by atoms with Crippen molar-refractivity contribution in [1.82, 2.24) is 25.7 Å². The summed E-state index contributed by atoms with van der Waals surface area (Å²) in [6, 6.07) is 2.68. The van der Waals surface area contributed by atoms with Gasteiger partial charge in [0.2, 0.25) is 5.89 Å². The average Bonchev–Trinajstić information content (AvgIpc) is 3.33. The Morgan fingerprint density at radius 1 is 1.31 bits per heavy atom. The first-order valence-electron chi connectivity index (χ1n) is 9.58. The molecular weight excluding hydrogens is 378 g/mol. The number of hydrogen-bond donors (Lipinski definition) is 2. The van der Waals surface area contributed by atoms with Gasteiger partial charge in [-0.15, -0.1) is 10.2 Å². The van der Waals surface area contributed by atoms with Gasteiger partial charge in [-0.25, -0.2) is 9.59 Å². The van der Waals surface area contributed by atoms with Crippen LogP contribution in [0.1, 0.15) is 33.1 Å². The van der Waals surface area contributed by atoms with Crippen molar-refractivity contribution in [3.63, 3.8) is 0 Å².